The molecule has 0 aromatic rings. The molecule has 2 fully saturated rings. The van der Waals surface area contributed by atoms with E-state index in [4.69, 9.17) is 0 Å². The van der Waals surface area contributed by atoms with Crippen molar-refractivity contribution in [2.24, 2.45) is 17.8 Å². The summed E-state index contributed by atoms with van der Waals surface area (Å²) >= 11 is 0. The van der Waals surface area contributed by atoms with Crippen molar-refractivity contribution in [3.8, 4) is 0 Å². The van der Waals surface area contributed by atoms with Crippen LogP contribution >= 0.6 is 0 Å². The lowest BCUT2D eigenvalue weighted by Gasteiger charge is -2.30. The van der Waals surface area contributed by atoms with Crippen LogP contribution in [0.3, 0.4) is 0 Å². The minimum absolute atomic E-state index is 0.719. The summed E-state index contributed by atoms with van der Waals surface area (Å²) in [5.74, 6) is 2.61. The van der Waals surface area contributed by atoms with Crippen molar-refractivity contribution in [1.29, 1.82) is 0 Å². The summed E-state index contributed by atoms with van der Waals surface area (Å²) in [6, 6.07) is 0. The zero-order valence-electron chi connectivity index (χ0n) is 13.0. The lowest BCUT2D eigenvalue weighted by Crippen LogP contribution is -2.33. The average Bonchev–Trinajstić information content (AvgIpc) is 2.95. The van der Waals surface area contributed by atoms with Crippen molar-refractivity contribution in [3.05, 3.63) is 12.3 Å². The molecule has 0 aromatic heterocycles. The molecule has 0 saturated carbocycles. The first-order chi connectivity index (χ1) is 9.26. The van der Waals surface area contributed by atoms with Crippen LogP contribution in [-0.2, 0) is 0 Å². The summed E-state index contributed by atoms with van der Waals surface area (Å²) in [6.45, 7) is 14.0. The van der Waals surface area contributed by atoms with E-state index in [2.05, 4.69) is 30.6 Å². The van der Waals surface area contributed by atoms with Crippen LogP contribution in [0.15, 0.2) is 12.3 Å². The van der Waals surface area contributed by atoms with Crippen molar-refractivity contribution < 1.29 is 0 Å². The van der Waals surface area contributed by atoms with Gasteiger partial charge in [0.2, 0.25) is 0 Å². The van der Waals surface area contributed by atoms with Crippen LogP contribution in [0.4, 0.5) is 0 Å². The molecule has 2 aliphatic rings. The summed E-state index contributed by atoms with van der Waals surface area (Å²) in [5, 5.41) is 3.49. The van der Waals surface area contributed by atoms with E-state index < -0.39 is 0 Å². The Morgan fingerprint density at radius 2 is 1.95 bits per heavy atom. The van der Waals surface area contributed by atoms with Gasteiger partial charge in [-0.15, -0.1) is 0 Å². The van der Waals surface area contributed by atoms with Gasteiger partial charge in [-0.2, -0.15) is 0 Å². The molecule has 2 aliphatic heterocycles. The molecule has 0 amide bonds. The second-order valence-corrected chi connectivity index (χ2v) is 6.47. The van der Waals surface area contributed by atoms with E-state index >= 15 is 0 Å². The Bertz CT molecular complexity index is 281. The van der Waals surface area contributed by atoms with Gasteiger partial charge in [-0.05, 0) is 62.9 Å². The van der Waals surface area contributed by atoms with Crippen LogP contribution in [-0.4, -0.2) is 31.1 Å². The lowest BCUT2D eigenvalue weighted by atomic mass is 9.84. The van der Waals surface area contributed by atoms with Crippen LogP contribution in [0, 0.1) is 17.8 Å². The van der Waals surface area contributed by atoms with Crippen LogP contribution in [0.25, 0.3) is 0 Å². The van der Waals surface area contributed by atoms with Crippen molar-refractivity contribution in [2.75, 3.05) is 26.2 Å². The molecular formula is C17H32N2. The number of piperidine rings is 1. The Kier molecular flexibility index (Phi) is 5.75. The van der Waals surface area contributed by atoms with Gasteiger partial charge in [0.25, 0.3) is 0 Å². The summed E-state index contributed by atoms with van der Waals surface area (Å²) < 4.78 is 0. The first-order valence-corrected chi connectivity index (χ1v) is 8.40. The fourth-order valence-electron chi connectivity index (χ4n) is 3.96. The molecule has 2 heteroatoms. The van der Waals surface area contributed by atoms with Gasteiger partial charge >= 0.3 is 0 Å². The van der Waals surface area contributed by atoms with Crippen molar-refractivity contribution >= 4 is 0 Å². The summed E-state index contributed by atoms with van der Waals surface area (Å²) in [7, 11) is 0. The lowest BCUT2D eigenvalue weighted by molar-refractivity contribution is 0.252. The predicted molar refractivity (Wildman–Crippen MR) is 83.1 cm³/mol. The van der Waals surface area contributed by atoms with Crippen molar-refractivity contribution in [2.45, 2.75) is 52.4 Å². The van der Waals surface area contributed by atoms with Crippen LogP contribution in [0.1, 0.15) is 52.4 Å². The zero-order valence-corrected chi connectivity index (χ0v) is 13.0. The van der Waals surface area contributed by atoms with E-state index in [9.17, 15) is 0 Å². The third-order valence-corrected chi connectivity index (χ3v) is 5.28. The van der Waals surface area contributed by atoms with Crippen molar-refractivity contribution in [1.82, 2.24) is 10.2 Å². The quantitative estimate of drug-likeness (QED) is 0.788. The third kappa shape index (κ3) is 3.75. The Balaban J connectivity index is 1.84. The Morgan fingerprint density at radius 1 is 1.21 bits per heavy atom. The maximum atomic E-state index is 4.42. The van der Waals surface area contributed by atoms with E-state index in [-0.39, 0.29) is 0 Å². The van der Waals surface area contributed by atoms with Gasteiger partial charge in [0.15, 0.2) is 0 Å². The highest BCUT2D eigenvalue weighted by Gasteiger charge is 2.31. The molecule has 0 spiro atoms. The highest BCUT2D eigenvalue weighted by Crippen LogP contribution is 2.34. The molecule has 2 unspecified atom stereocenters. The molecule has 2 saturated heterocycles. The molecule has 110 valence electrons. The maximum absolute atomic E-state index is 4.42. The summed E-state index contributed by atoms with van der Waals surface area (Å²) in [4.78, 5) is 2.61. The second kappa shape index (κ2) is 7.33. The van der Waals surface area contributed by atoms with Crippen LogP contribution < -0.4 is 5.32 Å². The molecule has 2 atom stereocenters. The number of allylic oxidation sites excluding steroid dienone is 1. The Labute approximate surface area is 119 Å². The number of hydrogen-bond acceptors (Lipinski definition) is 2. The first-order valence-electron chi connectivity index (χ1n) is 8.40. The largest absolute Gasteiger partial charge is 0.375 e. The van der Waals surface area contributed by atoms with E-state index in [1.807, 2.05) is 0 Å². The third-order valence-electron chi connectivity index (χ3n) is 5.28. The van der Waals surface area contributed by atoms with Gasteiger partial charge in [0.1, 0.15) is 0 Å². The standard InChI is InChI=1S/C17H32N2/c1-4-6-15(5-2)14(3)19-12-9-17(13-19)16-7-10-18-11-8-16/h15-18H,3-13H2,1-2H3. The fourth-order valence-corrected chi connectivity index (χ4v) is 3.96. The molecule has 0 bridgehead atoms. The van der Waals surface area contributed by atoms with Crippen LogP contribution in [0.5, 0.6) is 0 Å². The van der Waals surface area contributed by atoms with Gasteiger partial charge in [0.05, 0.1) is 0 Å². The van der Waals surface area contributed by atoms with E-state index in [0.29, 0.717) is 0 Å². The molecule has 1 N–H and O–H groups in total. The van der Waals surface area contributed by atoms with E-state index in [1.54, 1.807) is 0 Å². The average molecular weight is 264 g/mol. The van der Waals surface area contributed by atoms with Crippen molar-refractivity contribution in [3.63, 3.8) is 0 Å². The molecule has 0 aromatic carbocycles. The smallest absolute Gasteiger partial charge is 0.0206 e. The zero-order chi connectivity index (χ0) is 13.7. The van der Waals surface area contributed by atoms with Gasteiger partial charge in [-0.1, -0.05) is 26.8 Å². The first kappa shape index (κ1) is 14.9. The van der Waals surface area contributed by atoms with E-state index in [0.717, 1.165) is 17.8 Å². The molecule has 0 aliphatic carbocycles. The number of hydrogen-bond donors (Lipinski definition) is 1. The molecule has 0 radical (unpaired) electrons. The minimum atomic E-state index is 0.719. The monoisotopic (exact) mass is 264 g/mol. The Hall–Kier alpha value is -0.500. The SMILES string of the molecule is C=C(C(CC)CCC)N1CCC(C2CCNCC2)C1. The summed E-state index contributed by atoms with van der Waals surface area (Å²) in [6.07, 6.45) is 8.01. The number of rotatable bonds is 6. The minimum Gasteiger partial charge on any atom is -0.375 e. The molecule has 2 nitrogen and oxygen atoms in total. The normalized spacial score (nSPS) is 26.6. The highest BCUT2D eigenvalue weighted by molar-refractivity contribution is 5.03. The van der Waals surface area contributed by atoms with Gasteiger partial charge in [-0.25, -0.2) is 0 Å². The maximum Gasteiger partial charge on any atom is 0.0206 e. The Morgan fingerprint density at radius 3 is 2.58 bits per heavy atom. The topological polar surface area (TPSA) is 15.3 Å². The number of nitrogens with one attached hydrogen (secondary N) is 1. The number of nitrogens with zero attached hydrogens (tertiary/aromatic N) is 1. The molecule has 2 heterocycles. The predicted octanol–water partition coefficient (Wildman–Crippen LogP) is 3.65. The molecular weight excluding hydrogens is 232 g/mol. The van der Waals surface area contributed by atoms with Crippen LogP contribution in [0.2, 0.25) is 0 Å². The van der Waals surface area contributed by atoms with Gasteiger partial charge in [0, 0.05) is 18.8 Å². The summed E-state index contributed by atoms with van der Waals surface area (Å²) in [5.41, 5.74) is 1.43. The van der Waals surface area contributed by atoms with E-state index in [1.165, 1.54) is 70.4 Å². The van der Waals surface area contributed by atoms with Gasteiger partial charge < -0.3 is 10.2 Å². The second-order valence-electron chi connectivity index (χ2n) is 6.47. The molecule has 2 rings (SSSR count). The fraction of sp³-hybridized carbons (Fsp3) is 0.882. The number of likely N-dealkylation sites (tertiary alicyclic amines) is 1. The molecule has 19 heavy (non-hydrogen) atoms. The van der Waals surface area contributed by atoms with Gasteiger partial charge in [-0.3, -0.25) is 0 Å². The highest BCUT2D eigenvalue weighted by atomic mass is 15.2.